The molecule has 0 aliphatic carbocycles. The second-order valence-corrected chi connectivity index (χ2v) is 7.41. The maximum absolute atomic E-state index is 12.5. The Labute approximate surface area is 173 Å². The summed E-state index contributed by atoms with van der Waals surface area (Å²) >= 11 is 12.0. The molecule has 28 heavy (non-hydrogen) atoms. The maximum atomic E-state index is 12.5. The first-order valence-electron chi connectivity index (χ1n) is 9.18. The van der Waals surface area contributed by atoms with Gasteiger partial charge in [0.15, 0.2) is 5.75 Å². The van der Waals surface area contributed by atoms with E-state index in [1.807, 2.05) is 0 Å². The van der Waals surface area contributed by atoms with Gasteiger partial charge in [-0.1, -0.05) is 48.2 Å². The van der Waals surface area contributed by atoms with E-state index in [-0.39, 0.29) is 29.3 Å². The molecule has 2 heterocycles. The number of hydrogen-bond donors (Lipinski definition) is 1. The lowest BCUT2D eigenvalue weighted by Crippen LogP contribution is -2.39. The van der Waals surface area contributed by atoms with E-state index >= 15 is 0 Å². The molecule has 2 aromatic rings. The number of carbonyl (C=O) groups is 2. The summed E-state index contributed by atoms with van der Waals surface area (Å²) in [7, 11) is 0. The fraction of sp³-hybridized carbons (Fsp3) is 0.350. The Balaban J connectivity index is 1.68. The second kappa shape index (κ2) is 9.75. The zero-order valence-electron chi connectivity index (χ0n) is 15.3. The van der Waals surface area contributed by atoms with E-state index in [1.54, 1.807) is 29.2 Å². The molecule has 1 aromatic heterocycles. The molecule has 0 atom stereocenters. The van der Waals surface area contributed by atoms with Gasteiger partial charge in [-0.15, -0.1) is 0 Å². The molecule has 0 bridgehead atoms. The normalized spacial score (nSPS) is 14.9. The van der Waals surface area contributed by atoms with Crippen LogP contribution in [0.1, 0.15) is 32.1 Å². The summed E-state index contributed by atoms with van der Waals surface area (Å²) in [6, 6.07) is 8.49. The lowest BCUT2D eigenvalue weighted by atomic mass is 10.1. The summed E-state index contributed by atoms with van der Waals surface area (Å²) in [5.74, 6) is 0.329. The number of hydrogen-bond acceptors (Lipinski definition) is 4. The van der Waals surface area contributed by atoms with Gasteiger partial charge in [0.05, 0.1) is 17.3 Å². The van der Waals surface area contributed by atoms with Crippen molar-refractivity contribution in [2.75, 3.05) is 18.4 Å². The van der Waals surface area contributed by atoms with Gasteiger partial charge in [0, 0.05) is 19.2 Å². The Bertz CT molecular complexity index is 860. The number of nitrogens with one attached hydrogen (secondary N) is 1. The number of ether oxygens (including phenoxy) is 1. The SMILES string of the molecule is O=C(CN1CCCCCCC1=O)Nc1ccccc1Oc1ncc(Cl)cc1Cl. The zero-order chi connectivity index (χ0) is 19.9. The Morgan fingerprint density at radius 2 is 1.96 bits per heavy atom. The minimum absolute atomic E-state index is 0.0210. The van der Waals surface area contributed by atoms with Crippen molar-refractivity contribution in [1.29, 1.82) is 0 Å². The Morgan fingerprint density at radius 1 is 1.18 bits per heavy atom. The maximum Gasteiger partial charge on any atom is 0.244 e. The molecule has 1 saturated heterocycles. The summed E-state index contributed by atoms with van der Waals surface area (Å²) in [6.45, 7) is 0.627. The summed E-state index contributed by atoms with van der Waals surface area (Å²) in [6.07, 6.45) is 5.86. The summed E-state index contributed by atoms with van der Waals surface area (Å²) in [5.41, 5.74) is 0.472. The van der Waals surface area contributed by atoms with Gasteiger partial charge < -0.3 is 15.0 Å². The largest absolute Gasteiger partial charge is 0.435 e. The van der Waals surface area contributed by atoms with Crippen LogP contribution in [0.5, 0.6) is 11.6 Å². The van der Waals surface area contributed by atoms with Crippen LogP contribution in [0.3, 0.4) is 0 Å². The molecule has 1 aliphatic heterocycles. The zero-order valence-corrected chi connectivity index (χ0v) is 16.8. The molecule has 148 valence electrons. The fourth-order valence-corrected chi connectivity index (χ4v) is 3.40. The Hall–Kier alpha value is -2.31. The van der Waals surface area contributed by atoms with Crippen LogP contribution in [-0.2, 0) is 9.59 Å². The van der Waals surface area contributed by atoms with Gasteiger partial charge in [0.2, 0.25) is 17.7 Å². The molecule has 1 N–H and O–H groups in total. The quantitative estimate of drug-likeness (QED) is 0.743. The number of pyridine rings is 1. The molecule has 2 amide bonds. The van der Waals surface area contributed by atoms with Crippen molar-refractivity contribution >= 4 is 40.7 Å². The van der Waals surface area contributed by atoms with E-state index in [0.29, 0.717) is 29.4 Å². The smallest absolute Gasteiger partial charge is 0.244 e. The first-order chi connectivity index (χ1) is 13.5. The highest BCUT2D eigenvalue weighted by Crippen LogP contribution is 2.33. The first kappa shape index (κ1) is 20.4. The number of likely N-dealkylation sites (tertiary alicyclic amines) is 1. The third-order valence-electron chi connectivity index (χ3n) is 4.40. The highest BCUT2D eigenvalue weighted by Gasteiger charge is 2.19. The van der Waals surface area contributed by atoms with Crippen LogP contribution < -0.4 is 10.1 Å². The topological polar surface area (TPSA) is 71.5 Å². The third kappa shape index (κ3) is 5.59. The molecule has 3 rings (SSSR count). The molecule has 0 saturated carbocycles. The van der Waals surface area contributed by atoms with Crippen LogP contribution in [-0.4, -0.2) is 34.8 Å². The van der Waals surface area contributed by atoms with Gasteiger partial charge in [-0.2, -0.15) is 0 Å². The summed E-state index contributed by atoms with van der Waals surface area (Å²) in [5, 5.41) is 3.47. The minimum atomic E-state index is -0.278. The highest BCUT2D eigenvalue weighted by atomic mass is 35.5. The average molecular weight is 422 g/mol. The molecule has 0 spiro atoms. The minimum Gasteiger partial charge on any atom is -0.435 e. The van der Waals surface area contributed by atoms with Crippen molar-refractivity contribution in [2.45, 2.75) is 32.1 Å². The second-order valence-electron chi connectivity index (χ2n) is 6.57. The molecule has 1 fully saturated rings. The van der Waals surface area contributed by atoms with E-state index in [4.69, 9.17) is 27.9 Å². The van der Waals surface area contributed by atoms with E-state index in [2.05, 4.69) is 10.3 Å². The van der Waals surface area contributed by atoms with Crippen LogP contribution >= 0.6 is 23.2 Å². The highest BCUT2D eigenvalue weighted by molar-refractivity contribution is 6.35. The van der Waals surface area contributed by atoms with Gasteiger partial charge in [-0.25, -0.2) is 4.98 Å². The molecular formula is C20H21Cl2N3O3. The van der Waals surface area contributed by atoms with Crippen molar-refractivity contribution in [3.8, 4) is 11.6 Å². The van der Waals surface area contributed by atoms with Gasteiger partial charge in [-0.05, 0) is 31.0 Å². The van der Waals surface area contributed by atoms with Crippen LogP contribution in [0.25, 0.3) is 0 Å². The predicted octanol–water partition coefficient (Wildman–Crippen LogP) is 4.91. The van der Waals surface area contributed by atoms with Crippen molar-refractivity contribution in [1.82, 2.24) is 9.88 Å². The standard InChI is InChI=1S/C20H21Cl2N3O3/c21-14-11-15(22)20(23-12-14)28-17-8-5-4-7-16(17)24-18(26)13-25-10-6-2-1-3-9-19(25)27/h4-5,7-8,11-12H,1-3,6,9-10,13H2,(H,24,26). The number of nitrogens with zero attached hydrogens (tertiary/aromatic N) is 2. The van der Waals surface area contributed by atoms with Crippen molar-refractivity contribution in [3.05, 3.63) is 46.6 Å². The molecule has 6 nitrogen and oxygen atoms in total. The number of anilines is 1. The average Bonchev–Trinajstić information content (AvgIpc) is 2.65. The van der Waals surface area contributed by atoms with Gasteiger partial charge in [0.25, 0.3) is 0 Å². The lowest BCUT2D eigenvalue weighted by Gasteiger charge is -2.24. The first-order valence-corrected chi connectivity index (χ1v) is 9.94. The van der Waals surface area contributed by atoms with E-state index in [0.717, 1.165) is 25.7 Å². The number of amides is 2. The van der Waals surface area contributed by atoms with E-state index in [9.17, 15) is 9.59 Å². The van der Waals surface area contributed by atoms with Gasteiger partial charge in [-0.3, -0.25) is 9.59 Å². The molecule has 1 aliphatic rings. The number of rotatable bonds is 5. The Kier molecular flexibility index (Phi) is 7.12. The van der Waals surface area contributed by atoms with E-state index < -0.39 is 0 Å². The summed E-state index contributed by atoms with van der Waals surface area (Å²) < 4.78 is 5.75. The van der Waals surface area contributed by atoms with Crippen LogP contribution in [0, 0.1) is 0 Å². The van der Waals surface area contributed by atoms with Gasteiger partial charge in [0.1, 0.15) is 5.02 Å². The lowest BCUT2D eigenvalue weighted by molar-refractivity contribution is -0.135. The molecule has 8 heteroatoms. The Morgan fingerprint density at radius 3 is 2.79 bits per heavy atom. The number of carbonyl (C=O) groups excluding carboxylic acids is 2. The van der Waals surface area contributed by atoms with Crippen molar-refractivity contribution < 1.29 is 14.3 Å². The molecule has 0 unspecified atom stereocenters. The monoisotopic (exact) mass is 421 g/mol. The number of para-hydroxylation sites is 2. The molecule has 1 aromatic carbocycles. The third-order valence-corrected chi connectivity index (χ3v) is 4.88. The van der Waals surface area contributed by atoms with E-state index in [1.165, 1.54) is 12.3 Å². The molecular weight excluding hydrogens is 401 g/mol. The number of aromatic nitrogens is 1. The van der Waals surface area contributed by atoms with Gasteiger partial charge >= 0.3 is 0 Å². The predicted molar refractivity (Wildman–Crippen MR) is 109 cm³/mol. The number of halogens is 2. The molecule has 0 radical (unpaired) electrons. The van der Waals surface area contributed by atoms with Crippen LogP contribution in [0.15, 0.2) is 36.5 Å². The van der Waals surface area contributed by atoms with Crippen molar-refractivity contribution in [3.63, 3.8) is 0 Å². The fourth-order valence-electron chi connectivity index (χ4n) is 2.99. The summed E-state index contributed by atoms with van der Waals surface area (Å²) in [4.78, 5) is 30.4. The van der Waals surface area contributed by atoms with Crippen molar-refractivity contribution in [2.24, 2.45) is 0 Å². The van der Waals surface area contributed by atoms with Crippen LogP contribution in [0.2, 0.25) is 10.0 Å². The number of benzene rings is 1. The van der Waals surface area contributed by atoms with Crippen LogP contribution in [0.4, 0.5) is 5.69 Å².